The molecule has 0 spiro atoms. The Balaban J connectivity index is 1.47. The van der Waals surface area contributed by atoms with Gasteiger partial charge in [0, 0.05) is 38.3 Å². The average molecular weight is 435 g/mol. The Morgan fingerprint density at radius 1 is 0.643 bits per heavy atom. The van der Waals surface area contributed by atoms with E-state index >= 15 is 0 Å². The van der Waals surface area contributed by atoms with Crippen molar-refractivity contribution in [2.24, 2.45) is 0 Å². The number of benzene rings is 1. The van der Waals surface area contributed by atoms with Gasteiger partial charge in [0.25, 0.3) is 0 Å². The van der Waals surface area contributed by atoms with E-state index < -0.39 is 0 Å². The summed E-state index contributed by atoms with van der Waals surface area (Å²) < 4.78 is 6.25. The molecule has 28 heavy (non-hydrogen) atoms. The third-order valence-electron chi connectivity index (χ3n) is 6.27. The standard InChI is InChI=1S/C24H18S4/c1-11-3-5-14-13(9-11)4-6-15-19(14)27-24-17-8-7-16-20-18(10-12(2)25-20)26-21(16)23(17)28-22(15)24/h3,5,9-10H,4,6-8H2,1-2H3. The molecule has 0 saturated heterocycles. The van der Waals surface area contributed by atoms with E-state index in [1.165, 1.54) is 46.4 Å². The van der Waals surface area contributed by atoms with Crippen LogP contribution in [0.1, 0.15) is 32.7 Å². The van der Waals surface area contributed by atoms with Gasteiger partial charge in [0.2, 0.25) is 0 Å². The van der Waals surface area contributed by atoms with Crippen molar-refractivity contribution in [1.29, 1.82) is 0 Å². The Morgan fingerprint density at radius 2 is 1.32 bits per heavy atom. The lowest BCUT2D eigenvalue weighted by Crippen LogP contribution is -2.01. The van der Waals surface area contributed by atoms with Crippen molar-refractivity contribution in [3.05, 3.63) is 57.0 Å². The summed E-state index contributed by atoms with van der Waals surface area (Å²) in [4.78, 5) is 6.17. The molecule has 0 amide bonds. The molecule has 0 atom stereocenters. The first kappa shape index (κ1) is 16.3. The van der Waals surface area contributed by atoms with Crippen molar-refractivity contribution in [3.63, 3.8) is 0 Å². The second kappa shape index (κ2) is 5.57. The summed E-state index contributed by atoms with van der Waals surface area (Å²) in [5, 5.41) is 0. The molecule has 2 aliphatic carbocycles. The maximum atomic E-state index is 2.40. The molecule has 0 fully saturated rings. The van der Waals surface area contributed by atoms with Crippen LogP contribution in [0.25, 0.3) is 39.0 Å². The van der Waals surface area contributed by atoms with Crippen LogP contribution in [0.2, 0.25) is 0 Å². The highest BCUT2D eigenvalue weighted by Gasteiger charge is 2.30. The summed E-state index contributed by atoms with van der Waals surface area (Å²) >= 11 is 8.19. The molecule has 0 aliphatic heterocycles. The highest BCUT2D eigenvalue weighted by molar-refractivity contribution is 7.35. The van der Waals surface area contributed by atoms with E-state index in [2.05, 4.69) is 60.8 Å². The van der Waals surface area contributed by atoms with Gasteiger partial charge in [-0.15, -0.1) is 45.3 Å². The molecule has 5 aromatic rings. The Bertz CT molecular complexity index is 1430. The van der Waals surface area contributed by atoms with E-state index in [4.69, 9.17) is 0 Å². The Labute approximate surface area is 180 Å². The maximum absolute atomic E-state index is 2.40. The lowest BCUT2D eigenvalue weighted by molar-refractivity contribution is 0.956. The van der Waals surface area contributed by atoms with Gasteiger partial charge in [-0.05, 0) is 73.4 Å². The van der Waals surface area contributed by atoms with Gasteiger partial charge in [0.1, 0.15) is 0 Å². The molecule has 0 unspecified atom stereocenters. The summed E-state index contributed by atoms with van der Waals surface area (Å²) in [5.41, 5.74) is 9.34. The second-order valence-corrected chi connectivity index (χ2v) is 12.4. The smallest absolute Gasteiger partial charge is 0.0499 e. The third-order valence-corrected chi connectivity index (χ3v) is 11.6. The van der Waals surface area contributed by atoms with Crippen LogP contribution in [0, 0.1) is 13.8 Å². The highest BCUT2D eigenvalue weighted by Crippen LogP contribution is 2.56. The van der Waals surface area contributed by atoms with E-state index in [9.17, 15) is 0 Å². The molecule has 4 heteroatoms. The van der Waals surface area contributed by atoms with Crippen LogP contribution in [0.4, 0.5) is 0 Å². The van der Waals surface area contributed by atoms with Gasteiger partial charge in [-0.3, -0.25) is 0 Å². The fourth-order valence-corrected chi connectivity index (χ4v) is 10.9. The molecular weight excluding hydrogens is 417 g/mol. The minimum absolute atomic E-state index is 1.19. The highest BCUT2D eigenvalue weighted by atomic mass is 32.1. The fraction of sp³-hybridized carbons (Fsp3) is 0.250. The van der Waals surface area contributed by atoms with Crippen molar-refractivity contribution in [2.75, 3.05) is 0 Å². The molecule has 2 aliphatic rings. The number of hydrogen-bond donors (Lipinski definition) is 0. The van der Waals surface area contributed by atoms with E-state index in [0.717, 1.165) is 0 Å². The molecule has 7 rings (SSSR count). The van der Waals surface area contributed by atoms with E-state index in [1.807, 2.05) is 22.7 Å². The van der Waals surface area contributed by atoms with Crippen LogP contribution in [-0.2, 0) is 25.7 Å². The molecule has 0 radical (unpaired) electrons. The number of hydrogen-bond acceptors (Lipinski definition) is 4. The first-order valence-corrected chi connectivity index (χ1v) is 13.1. The quantitative estimate of drug-likeness (QED) is 0.229. The SMILES string of the molecule is Cc1ccc2c(c1)CCc1c-2sc2c3c(sc12)-c1sc2cc(C)sc2c1CC3. The monoisotopic (exact) mass is 434 g/mol. The Kier molecular flexibility index (Phi) is 3.25. The van der Waals surface area contributed by atoms with Gasteiger partial charge in [-0.2, -0.15) is 0 Å². The van der Waals surface area contributed by atoms with Crippen molar-refractivity contribution >= 4 is 64.1 Å². The molecule has 0 saturated carbocycles. The van der Waals surface area contributed by atoms with Crippen LogP contribution >= 0.6 is 45.3 Å². The molecule has 0 N–H and O–H groups in total. The van der Waals surface area contributed by atoms with E-state index in [1.54, 1.807) is 51.0 Å². The van der Waals surface area contributed by atoms with Gasteiger partial charge in [0.15, 0.2) is 0 Å². The summed E-state index contributed by atoms with van der Waals surface area (Å²) in [6.45, 7) is 4.45. The molecule has 4 heterocycles. The van der Waals surface area contributed by atoms with Crippen molar-refractivity contribution in [2.45, 2.75) is 39.5 Å². The molecule has 0 nitrogen and oxygen atoms in total. The number of thiophene rings is 4. The van der Waals surface area contributed by atoms with Crippen molar-refractivity contribution in [3.8, 4) is 20.2 Å². The van der Waals surface area contributed by atoms with Crippen molar-refractivity contribution in [1.82, 2.24) is 0 Å². The first-order valence-electron chi connectivity index (χ1n) is 9.86. The largest absolute Gasteiger partial charge is 0.139 e. The van der Waals surface area contributed by atoms with Gasteiger partial charge in [-0.25, -0.2) is 0 Å². The zero-order chi connectivity index (χ0) is 18.6. The summed E-state index contributed by atoms with van der Waals surface area (Å²) in [5.74, 6) is 0. The predicted octanol–water partition coefficient (Wildman–Crippen LogP) is 8.39. The lowest BCUT2D eigenvalue weighted by Gasteiger charge is -2.17. The minimum Gasteiger partial charge on any atom is -0.139 e. The first-order chi connectivity index (χ1) is 13.7. The number of aryl methyl sites for hydroxylation is 6. The van der Waals surface area contributed by atoms with Crippen LogP contribution in [0.5, 0.6) is 0 Å². The lowest BCUT2D eigenvalue weighted by atomic mass is 9.90. The van der Waals surface area contributed by atoms with E-state index in [-0.39, 0.29) is 0 Å². The topological polar surface area (TPSA) is 0 Å². The maximum Gasteiger partial charge on any atom is 0.0499 e. The van der Waals surface area contributed by atoms with Gasteiger partial charge < -0.3 is 0 Å². The van der Waals surface area contributed by atoms with Crippen molar-refractivity contribution < 1.29 is 0 Å². The average Bonchev–Trinajstić information content (AvgIpc) is 3.38. The molecular formula is C24H18S4. The van der Waals surface area contributed by atoms with Gasteiger partial charge >= 0.3 is 0 Å². The summed E-state index contributed by atoms with van der Waals surface area (Å²) in [6, 6.07) is 9.43. The predicted molar refractivity (Wildman–Crippen MR) is 128 cm³/mol. The van der Waals surface area contributed by atoms with Crippen LogP contribution < -0.4 is 0 Å². The zero-order valence-electron chi connectivity index (χ0n) is 15.8. The molecule has 1 aromatic carbocycles. The fourth-order valence-electron chi connectivity index (χ4n) is 5.00. The molecule has 0 bridgehead atoms. The molecule has 138 valence electrons. The van der Waals surface area contributed by atoms with Crippen LogP contribution in [-0.4, -0.2) is 0 Å². The number of rotatable bonds is 0. The number of fused-ring (bicyclic) bond motifs is 11. The summed E-state index contributed by atoms with van der Waals surface area (Å²) in [6.07, 6.45) is 4.83. The van der Waals surface area contributed by atoms with Gasteiger partial charge in [-0.1, -0.05) is 23.8 Å². The normalized spacial score (nSPS) is 14.9. The second-order valence-electron chi connectivity index (χ2n) is 8.10. The zero-order valence-corrected chi connectivity index (χ0v) is 19.0. The van der Waals surface area contributed by atoms with Crippen LogP contribution in [0.3, 0.4) is 0 Å². The Morgan fingerprint density at radius 3 is 2.18 bits per heavy atom. The minimum atomic E-state index is 1.19. The molecule has 4 aromatic heterocycles. The summed E-state index contributed by atoms with van der Waals surface area (Å²) in [7, 11) is 0. The third kappa shape index (κ3) is 2.05. The van der Waals surface area contributed by atoms with Crippen LogP contribution in [0.15, 0.2) is 24.3 Å². The van der Waals surface area contributed by atoms with E-state index in [0.29, 0.717) is 0 Å². The van der Waals surface area contributed by atoms with Gasteiger partial charge in [0.05, 0.1) is 0 Å². The Hall–Kier alpha value is -1.46.